The van der Waals surface area contributed by atoms with Gasteiger partial charge in [0.15, 0.2) is 69.0 Å². The van der Waals surface area contributed by atoms with E-state index in [4.69, 9.17) is 7.85 Å². The van der Waals surface area contributed by atoms with Crippen molar-refractivity contribution in [1.82, 2.24) is 9.13 Å². The Morgan fingerprint density at radius 3 is 1.21 bits per heavy atom. The van der Waals surface area contributed by atoms with Crippen LogP contribution in [0, 0.1) is 6.92 Å². The first-order valence-electron chi connectivity index (χ1n) is 18.2. The minimum absolute atomic E-state index is 0.0599. The molecule has 0 amide bonds. The maximum absolute atomic E-state index is 12.2. The average Bonchev–Trinajstić information content (AvgIpc) is 3.83. The van der Waals surface area contributed by atoms with E-state index in [0.717, 1.165) is 17.1 Å². The fourth-order valence-corrected chi connectivity index (χ4v) is 8.25. The average molecular weight is 857 g/mol. The molecule has 0 saturated carbocycles. The minimum atomic E-state index is -1.50. The van der Waals surface area contributed by atoms with Crippen LogP contribution in [-0.4, -0.2) is 104 Å². The fourth-order valence-electron chi connectivity index (χ4n) is 8.25. The number of benzene rings is 7. The molecular formula is C43H29BN2O17. The van der Waals surface area contributed by atoms with Crippen molar-refractivity contribution in [2.24, 2.45) is 0 Å². The number of phenols is 17. The Morgan fingerprint density at radius 2 is 0.714 bits per heavy atom. The number of aromatic hydroxyl groups is 17. The van der Waals surface area contributed by atoms with Gasteiger partial charge in [-0.05, 0) is 35.6 Å². The van der Waals surface area contributed by atoms with Gasteiger partial charge >= 0.3 is 0 Å². The molecule has 7 aromatic carbocycles. The van der Waals surface area contributed by atoms with Gasteiger partial charge in [-0.3, -0.25) is 4.57 Å². The lowest BCUT2D eigenvalue weighted by atomic mass is 9.89. The Hall–Kier alpha value is -9.20. The molecule has 20 heteroatoms. The summed E-state index contributed by atoms with van der Waals surface area (Å²) in [5.41, 5.74) is -6.38. The molecule has 2 aromatic heterocycles. The summed E-state index contributed by atoms with van der Waals surface area (Å²) in [6, 6.07) is 15.2. The van der Waals surface area contributed by atoms with Crippen LogP contribution in [0.1, 0.15) is 5.56 Å². The van der Waals surface area contributed by atoms with Crippen LogP contribution in [0.4, 0.5) is 0 Å². The lowest BCUT2D eigenvalue weighted by Gasteiger charge is -2.19. The van der Waals surface area contributed by atoms with Gasteiger partial charge in [0, 0.05) is 11.3 Å². The van der Waals surface area contributed by atoms with E-state index in [2.05, 4.69) is 0 Å². The van der Waals surface area contributed by atoms with E-state index in [-0.39, 0.29) is 5.69 Å². The van der Waals surface area contributed by atoms with Crippen molar-refractivity contribution < 1.29 is 86.8 Å². The molecule has 0 aliphatic carbocycles. The largest absolute Gasteiger partial charge is 0.508 e. The molecule has 0 aliphatic rings. The summed E-state index contributed by atoms with van der Waals surface area (Å²) >= 11 is 0. The highest BCUT2D eigenvalue weighted by atomic mass is 16.4. The highest BCUT2D eigenvalue weighted by Gasteiger charge is 2.38. The molecule has 2 radical (unpaired) electrons. The summed E-state index contributed by atoms with van der Waals surface area (Å²) < 4.78 is 1.38. The molecule has 0 bridgehead atoms. The normalized spacial score (nSPS) is 11.8. The number of rotatable bonds is 4. The number of fused-ring (bicyclic) bond motifs is 6. The Morgan fingerprint density at radius 1 is 0.333 bits per heavy atom. The first-order valence-corrected chi connectivity index (χ1v) is 18.2. The summed E-state index contributed by atoms with van der Waals surface area (Å²) in [5.74, 6) is -21.3. The molecule has 2 heterocycles. The lowest BCUT2D eigenvalue weighted by Crippen LogP contribution is -2.05. The summed E-state index contributed by atoms with van der Waals surface area (Å²) in [6.07, 6.45) is 0. The van der Waals surface area contributed by atoms with Gasteiger partial charge in [0.2, 0.25) is 11.5 Å². The second kappa shape index (κ2) is 12.9. The van der Waals surface area contributed by atoms with Gasteiger partial charge in [0.05, 0.1) is 32.7 Å². The standard InChI is InChI=1S/C43H29BN2O17/c1-11-27(47)40(60)26(41(61)28(11)48)46-24-15(17-25(46)38(58)35(55)21(44)31(17)51)29(49)19(34(54)37(24)57)20-30(50)16-18-23(39(59)43(63)42(62)32(18)52)45(22(16)36(56)33(20)53)14-9-7-13(8-10-14)12-5-3-2-4-6-12/h2-10,47-63H,1H3. The molecule has 0 aliphatic heterocycles. The van der Waals surface area contributed by atoms with Crippen LogP contribution in [0.25, 0.3) is 77.2 Å². The molecule has 9 rings (SSSR count). The van der Waals surface area contributed by atoms with Crippen LogP contribution in [0.15, 0.2) is 54.6 Å². The molecule has 0 atom stereocenters. The van der Waals surface area contributed by atoms with Crippen molar-refractivity contribution in [3.05, 3.63) is 60.2 Å². The van der Waals surface area contributed by atoms with E-state index < -0.39 is 169 Å². The third-order valence-electron chi connectivity index (χ3n) is 11.3. The van der Waals surface area contributed by atoms with Crippen molar-refractivity contribution in [2.75, 3.05) is 0 Å². The van der Waals surface area contributed by atoms with Crippen molar-refractivity contribution in [3.8, 4) is 131 Å². The second-order valence-electron chi connectivity index (χ2n) is 14.5. The number of hydrogen-bond acceptors (Lipinski definition) is 17. The SMILES string of the molecule is [B]c1c(O)c(O)c2c(c1O)c1c(O)c(-c3c(O)c(O)c4c(c3O)c3c(O)c(O)c(O)c(O)c3n4-c3ccc(-c4ccccc4)cc3)c(O)c(O)c1n2-c1c(O)c(O)c(C)c(O)c1O. The predicted octanol–water partition coefficient (Wildman–Crippen LogP) is 5.31. The van der Waals surface area contributed by atoms with Crippen LogP contribution < -0.4 is 5.46 Å². The summed E-state index contributed by atoms with van der Waals surface area (Å²) in [5, 5.41) is 189. The zero-order valence-corrected chi connectivity index (χ0v) is 31.8. The molecule has 63 heavy (non-hydrogen) atoms. The minimum Gasteiger partial charge on any atom is -0.508 e. The highest BCUT2D eigenvalue weighted by molar-refractivity contribution is 6.40. The fraction of sp³-hybridized carbons (Fsp3) is 0.0233. The van der Waals surface area contributed by atoms with Gasteiger partial charge in [-0.1, -0.05) is 42.5 Å². The predicted molar refractivity (Wildman–Crippen MR) is 224 cm³/mol. The molecule has 0 spiro atoms. The van der Waals surface area contributed by atoms with Crippen LogP contribution >= 0.6 is 0 Å². The first kappa shape index (κ1) is 39.3. The van der Waals surface area contributed by atoms with Gasteiger partial charge in [0.25, 0.3) is 0 Å². The third-order valence-corrected chi connectivity index (χ3v) is 11.3. The van der Waals surface area contributed by atoms with E-state index in [1.54, 1.807) is 30.3 Å². The molecule has 17 N–H and O–H groups in total. The van der Waals surface area contributed by atoms with Gasteiger partial charge in [-0.25, -0.2) is 0 Å². The Labute approximate surface area is 350 Å². The van der Waals surface area contributed by atoms with Crippen LogP contribution in [0.5, 0.6) is 97.7 Å². The number of aromatic nitrogens is 2. The number of phenolic OH excluding ortho intramolecular Hbond substituents is 17. The molecule has 316 valence electrons. The quantitative estimate of drug-likeness (QED) is 0.0605. The van der Waals surface area contributed by atoms with Crippen LogP contribution in [0.3, 0.4) is 0 Å². The Bertz CT molecular complexity index is 3510. The molecule has 19 nitrogen and oxygen atoms in total. The van der Waals surface area contributed by atoms with Crippen LogP contribution in [0.2, 0.25) is 0 Å². The number of hydrogen-bond donors (Lipinski definition) is 17. The topological polar surface area (TPSA) is 354 Å². The second-order valence-corrected chi connectivity index (χ2v) is 14.5. The zero-order chi connectivity index (χ0) is 45.6. The lowest BCUT2D eigenvalue weighted by molar-refractivity contribution is 0.350. The monoisotopic (exact) mass is 856 g/mol. The van der Waals surface area contributed by atoms with Gasteiger partial charge in [0.1, 0.15) is 52.8 Å². The van der Waals surface area contributed by atoms with Crippen LogP contribution in [-0.2, 0) is 0 Å². The molecule has 0 unspecified atom stereocenters. The Balaban J connectivity index is 1.46. The zero-order valence-electron chi connectivity index (χ0n) is 31.8. The van der Waals surface area contributed by atoms with Gasteiger partial charge in [-0.15, -0.1) is 0 Å². The van der Waals surface area contributed by atoms with Gasteiger partial charge < -0.3 is 91.4 Å². The molecular weight excluding hydrogens is 827 g/mol. The molecule has 0 saturated heterocycles. The number of nitrogens with zero attached hydrogens (tertiary/aromatic N) is 2. The van der Waals surface area contributed by atoms with Crippen molar-refractivity contribution >= 4 is 56.9 Å². The van der Waals surface area contributed by atoms with Gasteiger partial charge in [-0.2, -0.15) is 0 Å². The van der Waals surface area contributed by atoms with Crippen molar-refractivity contribution in [2.45, 2.75) is 6.92 Å². The first-order chi connectivity index (χ1) is 29.8. The van der Waals surface area contributed by atoms with E-state index in [9.17, 15) is 86.8 Å². The Kier molecular flexibility index (Phi) is 8.04. The van der Waals surface area contributed by atoms with E-state index in [1.165, 1.54) is 12.1 Å². The van der Waals surface area contributed by atoms with Crippen molar-refractivity contribution in [1.29, 1.82) is 0 Å². The van der Waals surface area contributed by atoms with E-state index in [0.29, 0.717) is 10.1 Å². The summed E-state index contributed by atoms with van der Waals surface area (Å²) in [6.45, 7) is 1.08. The van der Waals surface area contributed by atoms with E-state index >= 15 is 0 Å². The smallest absolute Gasteiger partial charge is 0.206 e. The maximum atomic E-state index is 12.2. The molecule has 9 aromatic rings. The highest BCUT2D eigenvalue weighted by Crippen LogP contribution is 2.64. The van der Waals surface area contributed by atoms with E-state index in [1.807, 2.05) is 12.1 Å². The summed E-state index contributed by atoms with van der Waals surface area (Å²) in [7, 11) is 5.86. The molecule has 0 fully saturated rings. The maximum Gasteiger partial charge on any atom is 0.206 e. The summed E-state index contributed by atoms with van der Waals surface area (Å²) in [4.78, 5) is 0. The third kappa shape index (κ3) is 4.78. The van der Waals surface area contributed by atoms with Crippen molar-refractivity contribution in [3.63, 3.8) is 0 Å².